The van der Waals surface area contributed by atoms with Gasteiger partial charge in [0.1, 0.15) is 0 Å². The van der Waals surface area contributed by atoms with Gasteiger partial charge in [-0.1, -0.05) is 13.8 Å². The minimum Gasteiger partial charge on any atom is -0.356 e. The second-order valence-corrected chi connectivity index (χ2v) is 6.04. The maximum Gasteiger partial charge on any atom is 0.223 e. The van der Waals surface area contributed by atoms with E-state index in [-0.39, 0.29) is 23.7 Å². The molecule has 2 amide bonds. The molecule has 0 aromatic carbocycles. The second-order valence-electron chi connectivity index (χ2n) is 6.04. The molecule has 5 nitrogen and oxygen atoms in total. The highest BCUT2D eigenvalue weighted by Crippen LogP contribution is 2.38. The average Bonchev–Trinajstić information content (AvgIpc) is 3.11. The second kappa shape index (κ2) is 7.48. The van der Waals surface area contributed by atoms with Crippen molar-refractivity contribution in [3.8, 4) is 0 Å². The molecule has 2 unspecified atom stereocenters. The van der Waals surface area contributed by atoms with E-state index >= 15 is 0 Å². The first-order valence-electron chi connectivity index (χ1n) is 7.12. The largest absolute Gasteiger partial charge is 0.356 e. The SMILES string of the molecule is CC(C)CNC(=O)C1CC1C(=O)NCCCN(C)C. The summed E-state index contributed by atoms with van der Waals surface area (Å²) in [6, 6.07) is 0. The lowest BCUT2D eigenvalue weighted by Gasteiger charge is -2.10. The van der Waals surface area contributed by atoms with Crippen LogP contribution >= 0.6 is 0 Å². The number of carbonyl (C=O) groups excluding carboxylic acids is 2. The molecule has 0 aromatic heterocycles. The highest BCUT2D eigenvalue weighted by molar-refractivity contribution is 5.92. The molecule has 1 rings (SSSR count). The van der Waals surface area contributed by atoms with E-state index < -0.39 is 0 Å². The van der Waals surface area contributed by atoms with Gasteiger partial charge in [-0.05, 0) is 39.4 Å². The van der Waals surface area contributed by atoms with Crippen LogP contribution in [-0.4, -0.2) is 50.4 Å². The van der Waals surface area contributed by atoms with Gasteiger partial charge >= 0.3 is 0 Å². The van der Waals surface area contributed by atoms with Crippen molar-refractivity contribution >= 4 is 11.8 Å². The lowest BCUT2D eigenvalue weighted by Crippen LogP contribution is -2.32. The zero-order valence-electron chi connectivity index (χ0n) is 12.5. The summed E-state index contributed by atoms with van der Waals surface area (Å²) in [6.07, 6.45) is 1.64. The maximum absolute atomic E-state index is 11.8. The lowest BCUT2D eigenvalue weighted by atomic mass is 10.2. The van der Waals surface area contributed by atoms with Crippen molar-refractivity contribution in [2.75, 3.05) is 33.7 Å². The number of carbonyl (C=O) groups is 2. The van der Waals surface area contributed by atoms with Crippen molar-refractivity contribution in [2.45, 2.75) is 26.7 Å². The molecule has 0 saturated heterocycles. The summed E-state index contributed by atoms with van der Waals surface area (Å²) in [5.41, 5.74) is 0. The van der Waals surface area contributed by atoms with Crippen LogP contribution in [0.5, 0.6) is 0 Å². The van der Waals surface area contributed by atoms with Crippen molar-refractivity contribution < 1.29 is 9.59 Å². The Hall–Kier alpha value is -1.10. The Morgan fingerprint density at radius 1 is 1.16 bits per heavy atom. The molecule has 5 heteroatoms. The van der Waals surface area contributed by atoms with Gasteiger partial charge in [-0.3, -0.25) is 9.59 Å². The zero-order chi connectivity index (χ0) is 14.4. The van der Waals surface area contributed by atoms with Crippen molar-refractivity contribution in [1.82, 2.24) is 15.5 Å². The lowest BCUT2D eigenvalue weighted by molar-refractivity contribution is -0.127. The van der Waals surface area contributed by atoms with Gasteiger partial charge in [0.25, 0.3) is 0 Å². The van der Waals surface area contributed by atoms with Gasteiger partial charge in [0.2, 0.25) is 11.8 Å². The Kier molecular flexibility index (Phi) is 6.28. The molecular formula is C14H27N3O2. The molecule has 1 aliphatic rings. The van der Waals surface area contributed by atoms with E-state index in [0.29, 0.717) is 25.4 Å². The number of hydrogen-bond acceptors (Lipinski definition) is 3. The quantitative estimate of drug-likeness (QED) is 0.629. The fourth-order valence-corrected chi connectivity index (χ4v) is 1.95. The van der Waals surface area contributed by atoms with Gasteiger partial charge in [0.15, 0.2) is 0 Å². The average molecular weight is 269 g/mol. The molecule has 1 fully saturated rings. The van der Waals surface area contributed by atoms with Crippen LogP contribution in [0.4, 0.5) is 0 Å². The van der Waals surface area contributed by atoms with Crippen LogP contribution in [0, 0.1) is 17.8 Å². The summed E-state index contributed by atoms with van der Waals surface area (Å²) in [5, 5.41) is 5.79. The summed E-state index contributed by atoms with van der Waals surface area (Å²) < 4.78 is 0. The molecule has 0 spiro atoms. The predicted molar refractivity (Wildman–Crippen MR) is 75.6 cm³/mol. The molecule has 19 heavy (non-hydrogen) atoms. The molecular weight excluding hydrogens is 242 g/mol. The van der Waals surface area contributed by atoms with Crippen LogP contribution in [0.3, 0.4) is 0 Å². The fraction of sp³-hybridized carbons (Fsp3) is 0.857. The summed E-state index contributed by atoms with van der Waals surface area (Å²) in [4.78, 5) is 25.6. The van der Waals surface area contributed by atoms with Crippen molar-refractivity contribution in [2.24, 2.45) is 17.8 Å². The zero-order valence-corrected chi connectivity index (χ0v) is 12.5. The molecule has 2 N–H and O–H groups in total. The Morgan fingerprint density at radius 2 is 1.74 bits per heavy atom. The Bertz CT molecular complexity index is 316. The minimum absolute atomic E-state index is 0.0298. The van der Waals surface area contributed by atoms with E-state index in [0.717, 1.165) is 13.0 Å². The number of rotatable bonds is 8. The van der Waals surface area contributed by atoms with Crippen molar-refractivity contribution in [1.29, 1.82) is 0 Å². The molecule has 0 radical (unpaired) electrons. The first kappa shape index (κ1) is 16.0. The Balaban J connectivity index is 2.14. The minimum atomic E-state index is -0.105. The first-order valence-corrected chi connectivity index (χ1v) is 7.12. The number of nitrogens with zero attached hydrogens (tertiary/aromatic N) is 1. The molecule has 0 aromatic rings. The Labute approximate surface area is 116 Å². The monoisotopic (exact) mass is 269 g/mol. The number of amides is 2. The third kappa shape index (κ3) is 6.05. The molecule has 1 aliphatic carbocycles. The van der Waals surface area contributed by atoms with E-state index in [1.807, 2.05) is 14.1 Å². The van der Waals surface area contributed by atoms with Gasteiger partial charge in [-0.25, -0.2) is 0 Å². The summed E-state index contributed by atoms with van der Waals surface area (Å²) in [7, 11) is 4.02. The topological polar surface area (TPSA) is 61.4 Å². The smallest absolute Gasteiger partial charge is 0.223 e. The summed E-state index contributed by atoms with van der Waals surface area (Å²) >= 11 is 0. The fourth-order valence-electron chi connectivity index (χ4n) is 1.95. The third-order valence-corrected chi connectivity index (χ3v) is 3.23. The van der Waals surface area contributed by atoms with Gasteiger partial charge in [0.05, 0.1) is 11.8 Å². The summed E-state index contributed by atoms with van der Waals surface area (Å²) in [5.74, 6) is 0.297. The van der Waals surface area contributed by atoms with E-state index in [1.54, 1.807) is 0 Å². The van der Waals surface area contributed by atoms with E-state index in [9.17, 15) is 9.59 Å². The first-order chi connectivity index (χ1) is 8.91. The molecule has 0 bridgehead atoms. The molecule has 1 saturated carbocycles. The molecule has 110 valence electrons. The van der Waals surface area contributed by atoms with Crippen LogP contribution in [-0.2, 0) is 9.59 Å². The van der Waals surface area contributed by atoms with Crippen molar-refractivity contribution in [3.05, 3.63) is 0 Å². The van der Waals surface area contributed by atoms with Crippen molar-refractivity contribution in [3.63, 3.8) is 0 Å². The van der Waals surface area contributed by atoms with Crippen LogP contribution in [0.15, 0.2) is 0 Å². The summed E-state index contributed by atoms with van der Waals surface area (Å²) in [6.45, 7) is 6.45. The standard InChI is InChI=1S/C14H27N3O2/c1-10(2)9-16-14(19)12-8-11(12)13(18)15-6-5-7-17(3)4/h10-12H,5-9H2,1-4H3,(H,15,18)(H,16,19). The maximum atomic E-state index is 11.8. The van der Waals surface area contributed by atoms with Crippen LogP contribution < -0.4 is 10.6 Å². The molecule has 2 atom stereocenters. The van der Waals surface area contributed by atoms with E-state index in [1.165, 1.54) is 0 Å². The number of hydrogen-bond donors (Lipinski definition) is 2. The van der Waals surface area contributed by atoms with Gasteiger partial charge in [-0.2, -0.15) is 0 Å². The highest BCUT2D eigenvalue weighted by atomic mass is 16.2. The van der Waals surface area contributed by atoms with E-state index in [2.05, 4.69) is 29.4 Å². The van der Waals surface area contributed by atoms with Gasteiger partial charge in [-0.15, -0.1) is 0 Å². The third-order valence-electron chi connectivity index (χ3n) is 3.23. The molecule has 0 heterocycles. The number of nitrogens with one attached hydrogen (secondary N) is 2. The highest BCUT2D eigenvalue weighted by Gasteiger charge is 2.47. The van der Waals surface area contributed by atoms with Crippen LogP contribution in [0.1, 0.15) is 26.7 Å². The van der Waals surface area contributed by atoms with E-state index in [4.69, 9.17) is 0 Å². The van der Waals surface area contributed by atoms with Gasteiger partial charge < -0.3 is 15.5 Å². The Morgan fingerprint density at radius 3 is 2.26 bits per heavy atom. The predicted octanol–water partition coefficient (Wildman–Crippen LogP) is 0.463. The van der Waals surface area contributed by atoms with Gasteiger partial charge in [0, 0.05) is 13.1 Å². The van der Waals surface area contributed by atoms with Crippen LogP contribution in [0.25, 0.3) is 0 Å². The molecule has 0 aliphatic heterocycles. The normalized spacial score (nSPS) is 21.6. The van der Waals surface area contributed by atoms with Crippen LogP contribution in [0.2, 0.25) is 0 Å².